The van der Waals surface area contributed by atoms with E-state index in [2.05, 4.69) is 15.4 Å². The summed E-state index contributed by atoms with van der Waals surface area (Å²) in [6, 6.07) is 17.6. The number of carbonyl (C=O) groups excluding carboxylic acids is 2. The number of methoxy groups -OCH3 is 2. The largest absolute Gasteiger partial charge is 0.493 e. The molecule has 9 heteroatoms. The molecule has 1 aromatic heterocycles. The van der Waals surface area contributed by atoms with Gasteiger partial charge in [-0.2, -0.15) is 10.1 Å². The first-order valence-electron chi connectivity index (χ1n) is 10.1. The number of hydrogen-bond acceptors (Lipinski definition) is 7. The molecule has 9 nitrogen and oxygen atoms in total. The van der Waals surface area contributed by atoms with Crippen LogP contribution in [0.3, 0.4) is 0 Å². The summed E-state index contributed by atoms with van der Waals surface area (Å²) in [6.45, 7) is 0.136. The Bertz CT molecular complexity index is 1200. The van der Waals surface area contributed by atoms with Gasteiger partial charge in [0.05, 0.1) is 20.8 Å². The van der Waals surface area contributed by atoms with E-state index in [0.29, 0.717) is 34.2 Å². The number of rotatable bonds is 7. The highest BCUT2D eigenvalue weighted by molar-refractivity contribution is 6.04. The first kappa shape index (κ1) is 21.8. The third-order valence-corrected chi connectivity index (χ3v) is 4.98. The van der Waals surface area contributed by atoms with Gasteiger partial charge in [0.25, 0.3) is 5.91 Å². The number of benzene rings is 2. The van der Waals surface area contributed by atoms with Crippen LogP contribution in [-0.2, 0) is 11.3 Å². The quantitative estimate of drug-likeness (QED) is 0.594. The summed E-state index contributed by atoms with van der Waals surface area (Å²) in [5.41, 5.74) is 2.83. The predicted octanol–water partition coefficient (Wildman–Crippen LogP) is 3.71. The average molecular weight is 446 g/mol. The van der Waals surface area contributed by atoms with E-state index < -0.39 is 6.09 Å². The van der Waals surface area contributed by atoms with Gasteiger partial charge < -0.3 is 19.5 Å². The van der Waals surface area contributed by atoms with Gasteiger partial charge in [0.15, 0.2) is 11.5 Å². The van der Waals surface area contributed by atoms with Gasteiger partial charge in [-0.3, -0.25) is 9.78 Å². The van der Waals surface area contributed by atoms with Crippen LogP contribution in [0.25, 0.3) is 0 Å². The van der Waals surface area contributed by atoms with Crippen LogP contribution in [0.1, 0.15) is 21.6 Å². The van der Waals surface area contributed by atoms with E-state index in [1.807, 2.05) is 18.2 Å². The van der Waals surface area contributed by atoms with Gasteiger partial charge in [0.1, 0.15) is 18.0 Å². The lowest BCUT2D eigenvalue weighted by Crippen LogP contribution is -2.35. The molecular formula is C24H22N4O5. The fraction of sp³-hybridized carbons (Fsp3) is 0.167. The summed E-state index contributed by atoms with van der Waals surface area (Å²) in [4.78, 5) is 29.0. The molecule has 168 valence electrons. The molecule has 33 heavy (non-hydrogen) atoms. The lowest BCUT2D eigenvalue weighted by molar-refractivity contribution is 0.102. The monoisotopic (exact) mass is 446 g/mol. The zero-order chi connectivity index (χ0) is 23.2. The van der Waals surface area contributed by atoms with Gasteiger partial charge in [0.2, 0.25) is 0 Å². The molecule has 0 saturated carbocycles. The molecule has 0 spiro atoms. The SMILES string of the molecule is COc1ccc(C2=NN(Cc3ccccc3NC(=O)c3ccccn3)C(=O)OC2)cc1OC. The number of nitrogens with zero attached hydrogens (tertiary/aromatic N) is 3. The number of anilines is 1. The van der Waals surface area contributed by atoms with E-state index in [1.54, 1.807) is 62.9 Å². The molecule has 3 aromatic rings. The van der Waals surface area contributed by atoms with Crippen molar-refractivity contribution >= 4 is 23.4 Å². The lowest BCUT2D eigenvalue weighted by Gasteiger charge is -2.24. The number of carbonyl (C=O) groups is 2. The summed E-state index contributed by atoms with van der Waals surface area (Å²) in [5, 5.41) is 8.56. The molecule has 4 rings (SSSR count). The van der Waals surface area contributed by atoms with Gasteiger partial charge in [-0.25, -0.2) is 4.79 Å². The van der Waals surface area contributed by atoms with Gasteiger partial charge in [-0.15, -0.1) is 0 Å². The minimum atomic E-state index is -0.579. The number of amides is 2. The van der Waals surface area contributed by atoms with Crippen LogP contribution in [0.15, 0.2) is 72.0 Å². The summed E-state index contributed by atoms with van der Waals surface area (Å²) in [5.74, 6) is 0.784. The second kappa shape index (κ2) is 9.82. The second-order valence-corrected chi connectivity index (χ2v) is 7.05. The highest BCUT2D eigenvalue weighted by Gasteiger charge is 2.25. The molecule has 0 radical (unpaired) electrons. The van der Waals surface area contributed by atoms with E-state index in [9.17, 15) is 9.59 Å². The molecule has 2 amide bonds. The predicted molar refractivity (Wildman–Crippen MR) is 122 cm³/mol. The van der Waals surface area contributed by atoms with Gasteiger partial charge in [0, 0.05) is 17.4 Å². The van der Waals surface area contributed by atoms with Crippen molar-refractivity contribution in [1.82, 2.24) is 9.99 Å². The van der Waals surface area contributed by atoms with E-state index in [1.165, 1.54) is 5.01 Å². The fourth-order valence-corrected chi connectivity index (χ4v) is 3.30. The maximum absolute atomic E-state index is 12.5. The summed E-state index contributed by atoms with van der Waals surface area (Å²) >= 11 is 0. The third kappa shape index (κ3) is 4.93. The topological polar surface area (TPSA) is 102 Å². The van der Waals surface area contributed by atoms with Crippen molar-refractivity contribution in [3.05, 3.63) is 83.7 Å². The van der Waals surface area contributed by atoms with Crippen LogP contribution in [0.4, 0.5) is 10.5 Å². The van der Waals surface area contributed by atoms with Crippen molar-refractivity contribution in [2.24, 2.45) is 5.10 Å². The molecule has 1 N–H and O–H groups in total. The van der Waals surface area contributed by atoms with Gasteiger partial charge in [-0.1, -0.05) is 24.3 Å². The number of ether oxygens (including phenoxy) is 3. The maximum Gasteiger partial charge on any atom is 0.431 e. The Kier molecular flexibility index (Phi) is 6.49. The number of nitrogens with one attached hydrogen (secondary N) is 1. The first-order chi connectivity index (χ1) is 16.1. The average Bonchev–Trinajstić information content (AvgIpc) is 2.86. The van der Waals surface area contributed by atoms with E-state index >= 15 is 0 Å². The summed E-state index contributed by atoms with van der Waals surface area (Å²) in [7, 11) is 3.11. The van der Waals surface area contributed by atoms with Crippen LogP contribution < -0.4 is 14.8 Å². The van der Waals surface area contributed by atoms with Crippen molar-refractivity contribution in [1.29, 1.82) is 0 Å². The number of aromatic nitrogens is 1. The van der Waals surface area contributed by atoms with E-state index in [-0.39, 0.29) is 19.1 Å². The lowest BCUT2D eigenvalue weighted by atomic mass is 10.1. The second-order valence-electron chi connectivity index (χ2n) is 7.05. The minimum Gasteiger partial charge on any atom is -0.493 e. The number of cyclic esters (lactones) is 1. The molecular weight excluding hydrogens is 424 g/mol. The minimum absolute atomic E-state index is 0.0306. The van der Waals surface area contributed by atoms with Crippen molar-refractivity contribution in [3.63, 3.8) is 0 Å². The molecule has 1 aliphatic heterocycles. The van der Waals surface area contributed by atoms with Crippen LogP contribution >= 0.6 is 0 Å². The number of hydrazone groups is 1. The molecule has 0 fully saturated rings. The Morgan fingerprint density at radius 3 is 2.61 bits per heavy atom. The highest BCUT2D eigenvalue weighted by atomic mass is 16.6. The molecule has 0 saturated heterocycles. The highest BCUT2D eigenvalue weighted by Crippen LogP contribution is 2.29. The Hall–Kier alpha value is -4.40. The number of hydrogen-bond donors (Lipinski definition) is 1. The molecule has 0 unspecified atom stereocenters. The molecule has 0 atom stereocenters. The van der Waals surface area contributed by atoms with Gasteiger partial charge >= 0.3 is 6.09 Å². The van der Waals surface area contributed by atoms with E-state index in [0.717, 1.165) is 5.56 Å². The first-order valence-corrected chi connectivity index (χ1v) is 10.1. The maximum atomic E-state index is 12.5. The van der Waals surface area contributed by atoms with Crippen LogP contribution in [0.5, 0.6) is 11.5 Å². The normalized spacial score (nSPS) is 13.1. The number of pyridine rings is 1. The smallest absolute Gasteiger partial charge is 0.431 e. The molecule has 0 bridgehead atoms. The third-order valence-electron chi connectivity index (χ3n) is 4.98. The van der Waals surface area contributed by atoms with E-state index in [4.69, 9.17) is 14.2 Å². The Balaban J connectivity index is 1.57. The molecule has 0 aliphatic carbocycles. The van der Waals surface area contributed by atoms with Crippen molar-refractivity contribution in [3.8, 4) is 11.5 Å². The molecule has 2 aromatic carbocycles. The summed E-state index contributed by atoms with van der Waals surface area (Å²) < 4.78 is 16.0. The zero-order valence-corrected chi connectivity index (χ0v) is 18.1. The molecule has 1 aliphatic rings. The number of para-hydroxylation sites is 1. The summed E-state index contributed by atoms with van der Waals surface area (Å²) in [6.07, 6.45) is 0.972. The van der Waals surface area contributed by atoms with Crippen LogP contribution in [-0.4, -0.2) is 48.5 Å². The van der Waals surface area contributed by atoms with Crippen molar-refractivity contribution < 1.29 is 23.8 Å². The Morgan fingerprint density at radius 1 is 1.06 bits per heavy atom. The molecule has 2 heterocycles. The van der Waals surface area contributed by atoms with Crippen molar-refractivity contribution in [2.45, 2.75) is 6.54 Å². The van der Waals surface area contributed by atoms with Crippen LogP contribution in [0.2, 0.25) is 0 Å². The van der Waals surface area contributed by atoms with Crippen LogP contribution in [0, 0.1) is 0 Å². The Labute approximate surface area is 190 Å². The fourth-order valence-electron chi connectivity index (χ4n) is 3.30. The zero-order valence-electron chi connectivity index (χ0n) is 18.1. The standard InChI is InChI=1S/C24H22N4O5/c1-31-21-11-10-16(13-22(21)32-2)20-15-33-24(30)28(27-20)14-17-7-3-4-8-18(17)26-23(29)19-9-5-6-12-25-19/h3-13H,14-15H2,1-2H3,(H,26,29). The Morgan fingerprint density at radius 2 is 1.85 bits per heavy atom. The van der Waals surface area contributed by atoms with Crippen molar-refractivity contribution in [2.75, 3.05) is 26.1 Å². The van der Waals surface area contributed by atoms with Gasteiger partial charge in [-0.05, 0) is 42.0 Å².